The molecule has 2 heterocycles. The Morgan fingerprint density at radius 3 is 3.00 bits per heavy atom. The van der Waals surface area contributed by atoms with Gasteiger partial charge in [0, 0.05) is 6.20 Å². The van der Waals surface area contributed by atoms with Crippen molar-refractivity contribution in [1.29, 1.82) is 0 Å². The van der Waals surface area contributed by atoms with Crippen LogP contribution in [0, 0.1) is 0 Å². The molecule has 0 spiro atoms. The first-order valence-electron chi connectivity index (χ1n) is 4.70. The highest BCUT2D eigenvalue weighted by molar-refractivity contribution is 5.76. The van der Waals surface area contributed by atoms with Crippen molar-refractivity contribution < 1.29 is 14.3 Å². The lowest BCUT2D eigenvalue weighted by molar-refractivity contribution is -0.117. The number of hydrogen-bond acceptors (Lipinski definition) is 4. The number of pyridine rings is 1. The van der Waals surface area contributed by atoms with E-state index < -0.39 is 0 Å². The van der Waals surface area contributed by atoms with Crippen LogP contribution in [0.15, 0.2) is 18.5 Å². The smallest absolute Gasteiger partial charge is 0.221 e. The Bertz CT molecular complexity index is 363. The van der Waals surface area contributed by atoms with Crippen LogP contribution in [0.4, 0.5) is 0 Å². The van der Waals surface area contributed by atoms with Crippen molar-refractivity contribution in [2.75, 3.05) is 13.2 Å². The Morgan fingerprint density at radius 2 is 2.40 bits per heavy atom. The van der Waals surface area contributed by atoms with Crippen LogP contribution >= 0.6 is 0 Å². The molecule has 0 bridgehead atoms. The second-order valence-electron chi connectivity index (χ2n) is 3.45. The quantitative estimate of drug-likeness (QED) is 0.749. The van der Waals surface area contributed by atoms with E-state index in [1.807, 2.05) is 0 Å². The van der Waals surface area contributed by atoms with E-state index in [-0.39, 0.29) is 18.4 Å². The molecule has 0 aromatic carbocycles. The summed E-state index contributed by atoms with van der Waals surface area (Å²) >= 11 is 0. The number of amides is 1. The van der Waals surface area contributed by atoms with Crippen LogP contribution in [0.2, 0.25) is 0 Å². The van der Waals surface area contributed by atoms with E-state index >= 15 is 0 Å². The summed E-state index contributed by atoms with van der Waals surface area (Å²) in [5.41, 5.74) is 5.85. The monoisotopic (exact) mass is 208 g/mol. The Kier molecular flexibility index (Phi) is 2.82. The third-order valence-corrected chi connectivity index (χ3v) is 2.06. The number of nitrogens with zero attached hydrogens (tertiary/aromatic N) is 1. The molecule has 15 heavy (non-hydrogen) atoms. The second kappa shape index (κ2) is 4.27. The molecule has 1 saturated heterocycles. The zero-order valence-electron chi connectivity index (χ0n) is 8.18. The third-order valence-electron chi connectivity index (χ3n) is 2.06. The van der Waals surface area contributed by atoms with Crippen molar-refractivity contribution >= 4 is 5.91 Å². The topological polar surface area (TPSA) is 74.4 Å². The predicted octanol–water partition coefficient (Wildman–Crippen LogP) is -0.113. The normalized spacial score (nSPS) is 15.7. The van der Waals surface area contributed by atoms with E-state index in [0.717, 1.165) is 5.56 Å². The fourth-order valence-electron chi connectivity index (χ4n) is 1.30. The van der Waals surface area contributed by atoms with Crippen LogP contribution < -0.4 is 10.5 Å². The van der Waals surface area contributed by atoms with E-state index in [9.17, 15) is 4.79 Å². The van der Waals surface area contributed by atoms with Gasteiger partial charge in [0.1, 0.15) is 11.9 Å². The number of carbonyl (C=O) groups excluding carboxylic acids is 1. The van der Waals surface area contributed by atoms with E-state index in [1.165, 1.54) is 0 Å². The van der Waals surface area contributed by atoms with Crippen molar-refractivity contribution in [3.05, 3.63) is 24.0 Å². The number of primary amides is 1. The Morgan fingerprint density at radius 1 is 1.60 bits per heavy atom. The summed E-state index contributed by atoms with van der Waals surface area (Å²) in [6.07, 6.45) is 3.51. The van der Waals surface area contributed by atoms with Gasteiger partial charge in [0.25, 0.3) is 0 Å². The highest BCUT2D eigenvalue weighted by Crippen LogP contribution is 2.16. The number of nitrogens with two attached hydrogens (primary N) is 1. The zero-order valence-corrected chi connectivity index (χ0v) is 8.18. The molecular weight excluding hydrogens is 196 g/mol. The van der Waals surface area contributed by atoms with Gasteiger partial charge in [-0.2, -0.15) is 0 Å². The molecule has 0 saturated carbocycles. The van der Waals surface area contributed by atoms with Crippen LogP contribution in [0.1, 0.15) is 5.56 Å². The van der Waals surface area contributed by atoms with Gasteiger partial charge in [-0.25, -0.2) is 0 Å². The molecular formula is C10H12N2O3. The molecule has 1 aliphatic rings. The van der Waals surface area contributed by atoms with Crippen LogP contribution in [0.5, 0.6) is 5.75 Å². The van der Waals surface area contributed by atoms with Crippen molar-refractivity contribution in [2.45, 2.75) is 12.5 Å². The van der Waals surface area contributed by atoms with Gasteiger partial charge in [0.2, 0.25) is 5.91 Å². The summed E-state index contributed by atoms with van der Waals surface area (Å²) in [7, 11) is 0. The van der Waals surface area contributed by atoms with Gasteiger partial charge >= 0.3 is 0 Å². The molecule has 0 unspecified atom stereocenters. The highest BCUT2D eigenvalue weighted by atomic mass is 16.6. The molecule has 80 valence electrons. The molecule has 2 rings (SSSR count). The first-order valence-corrected chi connectivity index (χ1v) is 4.70. The maximum atomic E-state index is 10.7. The number of hydrogen-bond donors (Lipinski definition) is 1. The molecule has 1 aromatic rings. The van der Waals surface area contributed by atoms with E-state index in [4.69, 9.17) is 15.2 Å². The summed E-state index contributed by atoms with van der Waals surface area (Å²) < 4.78 is 10.5. The van der Waals surface area contributed by atoms with Crippen LogP contribution in [0.25, 0.3) is 0 Å². The highest BCUT2D eigenvalue weighted by Gasteiger charge is 2.20. The van der Waals surface area contributed by atoms with Crippen molar-refractivity contribution in [3.8, 4) is 5.75 Å². The number of rotatable bonds is 4. The average molecular weight is 208 g/mol. The van der Waals surface area contributed by atoms with Crippen molar-refractivity contribution in [1.82, 2.24) is 4.98 Å². The minimum Gasteiger partial charge on any atom is -0.484 e. The lowest BCUT2D eigenvalue weighted by Gasteiger charge is -2.26. The Hall–Kier alpha value is -1.62. The molecule has 1 fully saturated rings. The molecule has 1 aliphatic heterocycles. The lowest BCUT2D eigenvalue weighted by Crippen LogP contribution is -2.38. The summed E-state index contributed by atoms with van der Waals surface area (Å²) in [6.45, 7) is 1.22. The summed E-state index contributed by atoms with van der Waals surface area (Å²) in [6, 6.07) is 1.77. The van der Waals surface area contributed by atoms with Crippen LogP contribution in [0.3, 0.4) is 0 Å². The standard InChI is InChI=1S/C10H12N2O3/c11-10(13)2-7-1-8(4-12-3-7)15-9-5-14-6-9/h1,3-4,9H,2,5-6H2,(H2,11,13). The first kappa shape index (κ1) is 9.92. The lowest BCUT2D eigenvalue weighted by atomic mass is 10.2. The molecule has 0 radical (unpaired) electrons. The maximum Gasteiger partial charge on any atom is 0.221 e. The number of ether oxygens (including phenoxy) is 2. The van der Waals surface area contributed by atoms with Gasteiger partial charge in [-0.3, -0.25) is 9.78 Å². The summed E-state index contributed by atoms with van der Waals surface area (Å²) in [5.74, 6) is 0.281. The summed E-state index contributed by atoms with van der Waals surface area (Å²) in [5, 5.41) is 0. The molecule has 1 aromatic heterocycles. The van der Waals surface area contributed by atoms with E-state index in [1.54, 1.807) is 18.5 Å². The molecule has 5 heteroatoms. The summed E-state index contributed by atoms with van der Waals surface area (Å²) in [4.78, 5) is 14.7. The zero-order chi connectivity index (χ0) is 10.7. The minimum atomic E-state index is -0.374. The van der Waals surface area contributed by atoms with Gasteiger partial charge in [-0.1, -0.05) is 0 Å². The number of aromatic nitrogens is 1. The maximum absolute atomic E-state index is 10.7. The van der Waals surface area contributed by atoms with E-state index in [2.05, 4.69) is 4.98 Å². The molecule has 0 atom stereocenters. The van der Waals surface area contributed by atoms with Gasteiger partial charge in [0.15, 0.2) is 0 Å². The van der Waals surface area contributed by atoms with Crippen molar-refractivity contribution in [2.24, 2.45) is 5.73 Å². The molecule has 1 amide bonds. The SMILES string of the molecule is NC(=O)Cc1cncc(OC2COC2)c1. The Labute approximate surface area is 87.2 Å². The van der Waals surface area contributed by atoms with Gasteiger partial charge in [0.05, 0.1) is 25.8 Å². The second-order valence-corrected chi connectivity index (χ2v) is 3.45. The van der Waals surface area contributed by atoms with E-state index in [0.29, 0.717) is 19.0 Å². The predicted molar refractivity (Wildman–Crippen MR) is 52.4 cm³/mol. The van der Waals surface area contributed by atoms with Crippen molar-refractivity contribution in [3.63, 3.8) is 0 Å². The molecule has 2 N–H and O–H groups in total. The first-order chi connectivity index (χ1) is 7.24. The molecule has 0 aliphatic carbocycles. The Balaban J connectivity index is 2.00. The fourth-order valence-corrected chi connectivity index (χ4v) is 1.30. The average Bonchev–Trinajstić information content (AvgIpc) is 2.11. The number of carbonyl (C=O) groups is 1. The fraction of sp³-hybridized carbons (Fsp3) is 0.400. The largest absolute Gasteiger partial charge is 0.484 e. The third kappa shape index (κ3) is 2.66. The van der Waals surface area contributed by atoms with Gasteiger partial charge in [-0.05, 0) is 11.6 Å². The minimum absolute atomic E-state index is 0.107. The van der Waals surface area contributed by atoms with Gasteiger partial charge in [-0.15, -0.1) is 0 Å². The van der Waals surface area contributed by atoms with Gasteiger partial charge < -0.3 is 15.2 Å². The van der Waals surface area contributed by atoms with Crippen LogP contribution in [-0.2, 0) is 16.0 Å². The molecule has 5 nitrogen and oxygen atoms in total. The van der Waals surface area contributed by atoms with Crippen LogP contribution in [-0.4, -0.2) is 30.2 Å².